The maximum absolute atomic E-state index is 12.3. The van der Waals surface area contributed by atoms with E-state index < -0.39 is 10.0 Å². The topological polar surface area (TPSA) is 55.2 Å². The van der Waals surface area contributed by atoms with Crippen LogP contribution in [0.15, 0.2) is 17.6 Å². The highest BCUT2D eigenvalue weighted by Crippen LogP contribution is 2.14. The minimum Gasteiger partial charge on any atom is -0.339 e. The largest absolute Gasteiger partial charge is 0.339 e. The third-order valence-electron chi connectivity index (χ3n) is 2.38. The maximum atomic E-state index is 12.3. The summed E-state index contributed by atoms with van der Waals surface area (Å²) in [6.45, 7) is 3.06. The average Bonchev–Trinajstić information content (AvgIpc) is 2.71. The fourth-order valence-corrected chi connectivity index (χ4v) is 3.54. The highest BCUT2D eigenvalue weighted by Gasteiger charge is 2.25. The first-order chi connectivity index (χ1) is 8.02. The monoisotopic (exact) mass is 323 g/mol. The number of unbranched alkanes of at least 4 members (excludes halogenated alkanes) is 1. The molecule has 0 saturated heterocycles. The number of nitrogens with zero attached hydrogens (tertiary/aromatic N) is 3. The van der Waals surface area contributed by atoms with Crippen molar-refractivity contribution in [2.75, 3.05) is 18.4 Å². The van der Waals surface area contributed by atoms with Crippen LogP contribution < -0.4 is 0 Å². The summed E-state index contributed by atoms with van der Waals surface area (Å²) in [7, 11) is -1.69. The summed E-state index contributed by atoms with van der Waals surface area (Å²) in [5, 5.41) is 0.750. The van der Waals surface area contributed by atoms with Crippen molar-refractivity contribution in [1.82, 2.24) is 13.9 Å². The molecule has 0 atom stereocenters. The van der Waals surface area contributed by atoms with Gasteiger partial charge in [-0.3, -0.25) is 0 Å². The first-order valence-corrected chi connectivity index (χ1v) is 8.12. The van der Waals surface area contributed by atoms with Gasteiger partial charge in [0.05, 0.1) is 6.33 Å². The molecule has 7 heteroatoms. The number of hydrogen-bond acceptors (Lipinski definition) is 3. The zero-order chi connectivity index (χ0) is 12.9. The highest BCUT2D eigenvalue weighted by atomic mass is 79.9. The van der Waals surface area contributed by atoms with Crippen LogP contribution in [0.5, 0.6) is 0 Å². The number of aryl methyl sites for hydroxylation is 1. The molecule has 0 unspecified atom stereocenters. The summed E-state index contributed by atoms with van der Waals surface area (Å²) in [4.78, 5) is 3.92. The minimum absolute atomic E-state index is 0.122. The van der Waals surface area contributed by atoms with Gasteiger partial charge in [-0.05, 0) is 6.42 Å². The van der Waals surface area contributed by atoms with Crippen LogP contribution in [0.2, 0.25) is 0 Å². The van der Waals surface area contributed by atoms with Gasteiger partial charge in [0.15, 0.2) is 5.03 Å². The molecule has 5 nitrogen and oxygen atoms in total. The van der Waals surface area contributed by atoms with E-state index in [-0.39, 0.29) is 5.03 Å². The quantitative estimate of drug-likeness (QED) is 0.716. The number of rotatable bonds is 7. The molecule has 0 saturated carbocycles. The standard InChI is InChI=1S/C10H18BrN3O2S/c1-3-4-6-14(7-5-11)17(15,16)10-8-13(2)9-12-10/h8-9H,3-7H2,1-2H3. The van der Waals surface area contributed by atoms with Crippen molar-refractivity contribution in [2.24, 2.45) is 7.05 Å². The number of halogens is 1. The predicted molar refractivity (Wildman–Crippen MR) is 70.7 cm³/mol. The Labute approximate surface area is 111 Å². The van der Waals surface area contributed by atoms with Crippen molar-refractivity contribution in [3.8, 4) is 0 Å². The molecule has 0 fully saturated rings. The van der Waals surface area contributed by atoms with E-state index in [0.717, 1.165) is 12.8 Å². The van der Waals surface area contributed by atoms with Gasteiger partial charge in [-0.2, -0.15) is 4.31 Å². The molecule has 17 heavy (non-hydrogen) atoms. The SMILES string of the molecule is CCCCN(CCBr)S(=O)(=O)c1cn(C)cn1. The van der Waals surface area contributed by atoms with E-state index in [1.807, 2.05) is 6.92 Å². The molecule has 1 rings (SSSR count). The molecular formula is C10H18BrN3O2S. The Kier molecular flexibility index (Phi) is 5.61. The Balaban J connectivity index is 2.91. The maximum Gasteiger partial charge on any atom is 0.262 e. The molecular weight excluding hydrogens is 306 g/mol. The van der Waals surface area contributed by atoms with Crippen molar-refractivity contribution < 1.29 is 8.42 Å². The predicted octanol–water partition coefficient (Wildman–Crippen LogP) is 1.61. The van der Waals surface area contributed by atoms with Gasteiger partial charge in [0, 0.05) is 31.7 Å². The summed E-state index contributed by atoms with van der Waals surface area (Å²) in [6, 6.07) is 0. The molecule has 0 aromatic carbocycles. The summed E-state index contributed by atoms with van der Waals surface area (Å²) < 4.78 is 27.7. The van der Waals surface area contributed by atoms with Gasteiger partial charge in [-0.15, -0.1) is 0 Å². The fraction of sp³-hybridized carbons (Fsp3) is 0.700. The summed E-state index contributed by atoms with van der Waals surface area (Å²) in [6.07, 6.45) is 4.86. The van der Waals surface area contributed by atoms with Crippen molar-refractivity contribution in [1.29, 1.82) is 0 Å². The second-order valence-corrected chi connectivity index (χ2v) is 6.50. The molecule has 0 radical (unpaired) electrons. The second-order valence-electron chi connectivity index (χ2n) is 3.82. The van der Waals surface area contributed by atoms with Gasteiger partial charge in [0.25, 0.3) is 10.0 Å². The Bertz CT molecular complexity index is 444. The van der Waals surface area contributed by atoms with Crippen LogP contribution in [0.1, 0.15) is 19.8 Å². The lowest BCUT2D eigenvalue weighted by atomic mass is 10.3. The lowest BCUT2D eigenvalue weighted by Crippen LogP contribution is -2.33. The highest BCUT2D eigenvalue weighted by molar-refractivity contribution is 9.09. The zero-order valence-electron chi connectivity index (χ0n) is 10.1. The third-order valence-corrected chi connectivity index (χ3v) is 4.52. The van der Waals surface area contributed by atoms with Crippen LogP contribution in [-0.4, -0.2) is 40.7 Å². The molecule has 0 aliphatic rings. The van der Waals surface area contributed by atoms with Gasteiger partial charge < -0.3 is 4.57 Å². The van der Waals surface area contributed by atoms with Gasteiger partial charge in [0.2, 0.25) is 0 Å². The lowest BCUT2D eigenvalue weighted by molar-refractivity contribution is 0.420. The number of sulfonamides is 1. The molecule has 0 aliphatic heterocycles. The number of hydrogen-bond donors (Lipinski definition) is 0. The zero-order valence-corrected chi connectivity index (χ0v) is 12.5. The summed E-state index contributed by atoms with van der Waals surface area (Å²) in [5.74, 6) is 0. The van der Waals surface area contributed by atoms with E-state index in [0.29, 0.717) is 18.4 Å². The van der Waals surface area contributed by atoms with Crippen LogP contribution in [0.3, 0.4) is 0 Å². The number of aromatic nitrogens is 2. The smallest absolute Gasteiger partial charge is 0.262 e. The Morgan fingerprint density at radius 2 is 2.18 bits per heavy atom. The van der Waals surface area contributed by atoms with Crippen LogP contribution in [-0.2, 0) is 17.1 Å². The first kappa shape index (κ1) is 14.7. The molecule has 0 spiro atoms. The molecule has 1 aromatic heterocycles. The molecule has 1 aromatic rings. The normalized spacial score (nSPS) is 12.2. The average molecular weight is 324 g/mol. The first-order valence-electron chi connectivity index (χ1n) is 5.56. The van der Waals surface area contributed by atoms with Gasteiger partial charge in [-0.1, -0.05) is 29.3 Å². The van der Waals surface area contributed by atoms with Gasteiger partial charge in [-0.25, -0.2) is 13.4 Å². The van der Waals surface area contributed by atoms with E-state index >= 15 is 0 Å². The van der Waals surface area contributed by atoms with Crippen molar-refractivity contribution in [3.63, 3.8) is 0 Å². The third kappa shape index (κ3) is 3.79. The summed E-state index contributed by atoms with van der Waals surface area (Å²) >= 11 is 3.28. The molecule has 0 amide bonds. The number of imidazole rings is 1. The van der Waals surface area contributed by atoms with E-state index in [1.165, 1.54) is 16.8 Å². The molecule has 1 heterocycles. The van der Waals surface area contributed by atoms with Crippen LogP contribution >= 0.6 is 15.9 Å². The molecule has 0 N–H and O–H groups in total. The van der Waals surface area contributed by atoms with Crippen LogP contribution in [0, 0.1) is 0 Å². The lowest BCUT2D eigenvalue weighted by Gasteiger charge is -2.19. The van der Waals surface area contributed by atoms with Crippen LogP contribution in [0.25, 0.3) is 0 Å². The van der Waals surface area contributed by atoms with Gasteiger partial charge >= 0.3 is 0 Å². The van der Waals surface area contributed by atoms with Gasteiger partial charge in [0.1, 0.15) is 0 Å². The Hall–Kier alpha value is -0.400. The van der Waals surface area contributed by atoms with E-state index in [1.54, 1.807) is 11.6 Å². The van der Waals surface area contributed by atoms with E-state index in [2.05, 4.69) is 20.9 Å². The molecule has 0 aliphatic carbocycles. The second kappa shape index (κ2) is 6.51. The van der Waals surface area contributed by atoms with Crippen molar-refractivity contribution in [3.05, 3.63) is 12.5 Å². The number of alkyl halides is 1. The Morgan fingerprint density at radius 3 is 2.65 bits per heavy atom. The fourth-order valence-electron chi connectivity index (χ4n) is 1.44. The van der Waals surface area contributed by atoms with E-state index in [4.69, 9.17) is 0 Å². The molecule has 98 valence electrons. The minimum atomic E-state index is -3.44. The Morgan fingerprint density at radius 1 is 1.47 bits per heavy atom. The van der Waals surface area contributed by atoms with Crippen LogP contribution in [0.4, 0.5) is 0 Å². The summed E-state index contributed by atoms with van der Waals surface area (Å²) in [5.41, 5.74) is 0. The van der Waals surface area contributed by atoms with E-state index in [9.17, 15) is 8.42 Å². The molecule has 0 bridgehead atoms. The van der Waals surface area contributed by atoms with Crippen molar-refractivity contribution >= 4 is 26.0 Å². The van der Waals surface area contributed by atoms with Crippen molar-refractivity contribution in [2.45, 2.75) is 24.8 Å².